The predicted octanol–water partition coefficient (Wildman–Crippen LogP) is 3.69. The molecule has 1 amide bonds. The molecule has 0 saturated carbocycles. The van der Waals surface area contributed by atoms with Gasteiger partial charge in [-0.05, 0) is 70.2 Å². The highest BCUT2D eigenvalue weighted by molar-refractivity contribution is 7.84. The first kappa shape index (κ1) is 24.5. The third-order valence-corrected chi connectivity index (χ3v) is 7.75. The number of aromatic hydroxyl groups is 1. The molecule has 9 heteroatoms. The van der Waals surface area contributed by atoms with Gasteiger partial charge in [0, 0.05) is 35.9 Å². The van der Waals surface area contributed by atoms with Crippen LogP contribution in [0.4, 0.5) is 0 Å². The SMILES string of the molecule is Cc1cc(O)c([C@H](NS(=O)C(C)(C)C)C2CCN(C(=O)c3ccc(=O)[nH]c3)CC2)cc1Cl. The summed E-state index contributed by atoms with van der Waals surface area (Å²) in [5, 5.41) is 11.2. The summed E-state index contributed by atoms with van der Waals surface area (Å²) in [5.41, 5.74) is 1.57. The summed E-state index contributed by atoms with van der Waals surface area (Å²) in [6.07, 6.45) is 2.76. The van der Waals surface area contributed by atoms with Crippen LogP contribution in [0.25, 0.3) is 0 Å². The zero-order valence-electron chi connectivity index (χ0n) is 18.8. The molecule has 1 aromatic carbocycles. The molecular formula is C23H30ClN3O4S. The summed E-state index contributed by atoms with van der Waals surface area (Å²) < 4.78 is 15.7. The molecule has 3 rings (SSSR count). The molecule has 2 aromatic rings. The number of pyridine rings is 1. The number of benzene rings is 1. The summed E-state index contributed by atoms with van der Waals surface area (Å²) in [7, 11) is -1.36. The first-order chi connectivity index (χ1) is 15.0. The first-order valence-electron chi connectivity index (χ1n) is 10.6. The lowest BCUT2D eigenvalue weighted by atomic mass is 9.85. The quantitative estimate of drug-likeness (QED) is 0.608. The molecule has 174 valence electrons. The second kappa shape index (κ2) is 9.77. The number of halogens is 1. The second-order valence-corrected chi connectivity index (χ2v) is 11.6. The largest absolute Gasteiger partial charge is 0.508 e. The van der Waals surface area contributed by atoms with Crippen LogP contribution < -0.4 is 10.3 Å². The Morgan fingerprint density at radius 3 is 2.50 bits per heavy atom. The number of carbonyl (C=O) groups is 1. The number of rotatable bonds is 5. The molecule has 3 N–H and O–H groups in total. The summed E-state index contributed by atoms with van der Waals surface area (Å²) in [5.74, 6) is 0.0244. The Morgan fingerprint density at radius 1 is 1.28 bits per heavy atom. The molecule has 0 bridgehead atoms. The molecule has 1 unspecified atom stereocenters. The Balaban J connectivity index is 1.81. The van der Waals surface area contributed by atoms with Crippen LogP contribution in [0.3, 0.4) is 0 Å². The van der Waals surface area contributed by atoms with Gasteiger partial charge in [0.05, 0.1) is 27.3 Å². The molecule has 1 aliphatic heterocycles. The van der Waals surface area contributed by atoms with E-state index in [1.807, 2.05) is 27.7 Å². The van der Waals surface area contributed by atoms with Crippen molar-refractivity contribution in [2.24, 2.45) is 5.92 Å². The fourth-order valence-corrected chi connectivity index (χ4v) is 4.87. The number of aryl methyl sites for hydroxylation is 1. The minimum absolute atomic E-state index is 0.0469. The standard InChI is InChI=1S/C23H30ClN3O4S/c1-14-11-19(28)17(12-18(14)24)21(26-32(31)23(2,3)4)15-7-9-27(10-8-15)22(30)16-5-6-20(29)25-13-16/h5-6,11-13,15,21,26,28H,7-10H2,1-4H3,(H,25,29)/t21-,32?/m1/s1. The Labute approximate surface area is 195 Å². The van der Waals surface area contributed by atoms with Crippen LogP contribution in [0.5, 0.6) is 5.75 Å². The van der Waals surface area contributed by atoms with E-state index in [1.165, 1.54) is 18.3 Å². The van der Waals surface area contributed by atoms with Crippen molar-refractivity contribution in [3.63, 3.8) is 0 Å². The van der Waals surface area contributed by atoms with Gasteiger partial charge in [0.1, 0.15) is 5.75 Å². The highest BCUT2D eigenvalue weighted by Crippen LogP contribution is 2.38. The van der Waals surface area contributed by atoms with Crippen LogP contribution in [0.1, 0.15) is 61.1 Å². The average Bonchev–Trinajstić information content (AvgIpc) is 2.74. The van der Waals surface area contributed by atoms with Gasteiger partial charge < -0.3 is 15.0 Å². The maximum atomic E-state index is 12.9. The topological polar surface area (TPSA) is 102 Å². The minimum atomic E-state index is -1.36. The third kappa shape index (κ3) is 5.60. The van der Waals surface area contributed by atoms with Crippen molar-refractivity contribution < 1.29 is 14.1 Å². The molecule has 0 spiro atoms. The first-order valence-corrected chi connectivity index (χ1v) is 12.1. The summed E-state index contributed by atoms with van der Waals surface area (Å²) in [6, 6.07) is 5.85. The number of likely N-dealkylation sites (tertiary alicyclic amines) is 1. The van der Waals surface area contributed by atoms with E-state index >= 15 is 0 Å². The van der Waals surface area contributed by atoms with E-state index in [0.717, 1.165) is 5.56 Å². The van der Waals surface area contributed by atoms with Crippen LogP contribution in [0.15, 0.2) is 35.3 Å². The van der Waals surface area contributed by atoms with Gasteiger partial charge in [-0.3, -0.25) is 9.59 Å². The molecule has 1 fully saturated rings. The highest BCUT2D eigenvalue weighted by Gasteiger charge is 2.34. The second-order valence-electron chi connectivity index (χ2n) is 9.21. The number of aromatic nitrogens is 1. The van der Waals surface area contributed by atoms with E-state index in [9.17, 15) is 18.9 Å². The average molecular weight is 480 g/mol. The van der Waals surface area contributed by atoms with Crippen molar-refractivity contribution in [1.29, 1.82) is 0 Å². The zero-order valence-corrected chi connectivity index (χ0v) is 20.3. The van der Waals surface area contributed by atoms with Crippen molar-refractivity contribution in [2.75, 3.05) is 13.1 Å². The summed E-state index contributed by atoms with van der Waals surface area (Å²) in [6.45, 7) is 8.52. The molecular weight excluding hydrogens is 450 g/mol. The van der Waals surface area contributed by atoms with Crippen LogP contribution >= 0.6 is 11.6 Å². The third-order valence-electron chi connectivity index (χ3n) is 5.76. The molecule has 0 radical (unpaired) electrons. The zero-order chi connectivity index (χ0) is 23.6. The Kier molecular flexibility index (Phi) is 7.47. The van der Waals surface area contributed by atoms with Gasteiger partial charge in [-0.2, -0.15) is 0 Å². The van der Waals surface area contributed by atoms with Gasteiger partial charge in [0.25, 0.3) is 5.91 Å². The Morgan fingerprint density at radius 2 is 1.94 bits per heavy atom. The van der Waals surface area contributed by atoms with Gasteiger partial charge in [-0.15, -0.1) is 0 Å². The number of carbonyl (C=O) groups excluding carboxylic acids is 1. The fraction of sp³-hybridized carbons (Fsp3) is 0.478. The lowest BCUT2D eigenvalue weighted by Gasteiger charge is -2.37. The minimum Gasteiger partial charge on any atom is -0.508 e. The number of H-pyrrole nitrogens is 1. The molecule has 2 atom stereocenters. The number of aromatic amines is 1. The Bertz CT molecular complexity index is 1050. The maximum Gasteiger partial charge on any atom is 0.255 e. The van der Waals surface area contributed by atoms with Crippen LogP contribution in [0.2, 0.25) is 5.02 Å². The number of hydrogen-bond donors (Lipinski definition) is 3. The molecule has 1 aliphatic rings. The van der Waals surface area contributed by atoms with E-state index in [4.69, 9.17) is 11.6 Å². The molecule has 32 heavy (non-hydrogen) atoms. The van der Waals surface area contributed by atoms with Gasteiger partial charge in [0.2, 0.25) is 5.56 Å². The number of nitrogens with zero attached hydrogens (tertiary/aromatic N) is 1. The lowest BCUT2D eigenvalue weighted by Crippen LogP contribution is -2.44. The molecule has 7 nitrogen and oxygen atoms in total. The van der Waals surface area contributed by atoms with E-state index in [0.29, 0.717) is 42.1 Å². The maximum absolute atomic E-state index is 12.9. The van der Waals surface area contributed by atoms with Crippen molar-refractivity contribution >= 4 is 28.5 Å². The van der Waals surface area contributed by atoms with E-state index in [2.05, 4.69) is 9.71 Å². The van der Waals surface area contributed by atoms with Crippen molar-refractivity contribution in [3.8, 4) is 5.75 Å². The summed E-state index contributed by atoms with van der Waals surface area (Å²) >= 11 is 6.35. The van der Waals surface area contributed by atoms with Gasteiger partial charge in [0.15, 0.2) is 0 Å². The van der Waals surface area contributed by atoms with E-state index in [1.54, 1.807) is 17.0 Å². The van der Waals surface area contributed by atoms with Crippen molar-refractivity contribution in [1.82, 2.24) is 14.6 Å². The normalized spacial score (nSPS) is 17.2. The number of piperidine rings is 1. The number of amides is 1. The van der Waals surface area contributed by atoms with Gasteiger partial charge >= 0.3 is 0 Å². The van der Waals surface area contributed by atoms with Gasteiger partial charge in [-0.1, -0.05) is 11.6 Å². The summed E-state index contributed by atoms with van der Waals surface area (Å²) in [4.78, 5) is 28.3. The van der Waals surface area contributed by atoms with Crippen LogP contribution in [0, 0.1) is 12.8 Å². The smallest absolute Gasteiger partial charge is 0.255 e. The predicted molar refractivity (Wildman–Crippen MR) is 127 cm³/mol. The van der Waals surface area contributed by atoms with Crippen LogP contribution in [-0.2, 0) is 11.0 Å². The van der Waals surface area contributed by atoms with Crippen LogP contribution in [-0.4, -0.2) is 42.9 Å². The molecule has 2 heterocycles. The fourth-order valence-electron chi connectivity index (χ4n) is 3.80. The Hall–Kier alpha value is -2.16. The van der Waals surface area contributed by atoms with Crippen molar-refractivity contribution in [3.05, 3.63) is 62.5 Å². The molecule has 0 aliphatic carbocycles. The van der Waals surface area contributed by atoms with Crippen molar-refractivity contribution in [2.45, 2.75) is 51.3 Å². The highest BCUT2D eigenvalue weighted by atomic mass is 35.5. The monoisotopic (exact) mass is 479 g/mol. The molecule has 1 aromatic heterocycles. The number of phenols is 1. The lowest BCUT2D eigenvalue weighted by molar-refractivity contribution is 0.0674. The molecule has 1 saturated heterocycles. The number of hydrogen-bond acceptors (Lipinski definition) is 4. The van der Waals surface area contributed by atoms with Gasteiger partial charge in [-0.25, -0.2) is 8.93 Å². The van der Waals surface area contributed by atoms with E-state index in [-0.39, 0.29) is 29.2 Å². The number of nitrogens with one attached hydrogen (secondary N) is 2. The number of phenolic OH excluding ortho intramolecular Hbond substituents is 1. The van der Waals surface area contributed by atoms with E-state index < -0.39 is 15.7 Å².